The third-order valence-corrected chi connectivity index (χ3v) is 5.82. The zero-order chi connectivity index (χ0) is 24.3. The van der Waals surface area contributed by atoms with Crippen molar-refractivity contribution in [2.45, 2.75) is 32.1 Å². The van der Waals surface area contributed by atoms with Crippen LogP contribution in [0.3, 0.4) is 0 Å². The topological polar surface area (TPSA) is 63.1 Å². The Labute approximate surface area is 188 Å². The van der Waals surface area contributed by atoms with Gasteiger partial charge in [0.1, 0.15) is 5.41 Å². The number of allylic oxidation sites excluding steroid dienone is 1. The molecule has 1 N–H and O–H groups in total. The van der Waals surface area contributed by atoms with Crippen molar-refractivity contribution in [2.24, 2.45) is 5.92 Å². The average Bonchev–Trinajstić information content (AvgIpc) is 2.81. The number of carboxylic acid groups (broad SMARTS) is 1. The van der Waals surface area contributed by atoms with Crippen LogP contribution in [0.5, 0.6) is 0 Å². The van der Waals surface area contributed by atoms with Gasteiger partial charge in [-0.1, -0.05) is 50.3 Å². The number of hydrogen-bond acceptors (Lipinski definition) is 3. The lowest BCUT2D eigenvalue weighted by Crippen LogP contribution is -2.44. The van der Waals surface area contributed by atoms with E-state index in [2.05, 4.69) is 16.5 Å². The van der Waals surface area contributed by atoms with E-state index in [1.807, 2.05) is 6.07 Å². The molecule has 0 saturated carbocycles. The first-order chi connectivity index (χ1) is 15.6. The van der Waals surface area contributed by atoms with E-state index in [0.29, 0.717) is 11.4 Å². The fraction of sp³-hybridized carbons (Fsp3) is 0.240. The Bertz CT molecular complexity index is 1150. The molecule has 0 spiro atoms. The minimum absolute atomic E-state index is 0.0551. The molecule has 1 unspecified atom stereocenters. The van der Waals surface area contributed by atoms with Crippen molar-refractivity contribution in [3.63, 3.8) is 0 Å². The fourth-order valence-corrected chi connectivity index (χ4v) is 3.86. The highest BCUT2D eigenvalue weighted by atomic mass is 19.2. The highest BCUT2D eigenvalue weighted by Crippen LogP contribution is 2.39. The van der Waals surface area contributed by atoms with Crippen molar-refractivity contribution in [1.29, 1.82) is 0 Å². The van der Waals surface area contributed by atoms with E-state index in [9.17, 15) is 27.5 Å². The first-order valence-corrected chi connectivity index (χ1v) is 10.2. The first kappa shape index (κ1) is 24.1. The van der Waals surface area contributed by atoms with Gasteiger partial charge in [0.25, 0.3) is 0 Å². The SMILES string of the molecule is C=CCc1c(F)c(F)c(CC(C(=O)O)(c2cnc(-c3ccccc3)nc2)C(C)C)c(F)c1F. The number of aromatic nitrogens is 2. The summed E-state index contributed by atoms with van der Waals surface area (Å²) in [6, 6.07) is 8.92. The van der Waals surface area contributed by atoms with Gasteiger partial charge in [-0.05, 0) is 18.8 Å². The molecule has 0 saturated heterocycles. The molecular formula is C25H22F4N2O2. The molecule has 8 heteroatoms. The minimum Gasteiger partial charge on any atom is -0.481 e. The molecular weight excluding hydrogens is 436 g/mol. The van der Waals surface area contributed by atoms with Crippen LogP contribution in [0, 0.1) is 29.2 Å². The number of carbonyl (C=O) groups is 1. The second kappa shape index (κ2) is 9.52. The van der Waals surface area contributed by atoms with Crippen molar-refractivity contribution in [3.8, 4) is 11.4 Å². The maximum atomic E-state index is 14.8. The van der Waals surface area contributed by atoms with Crippen LogP contribution in [0.4, 0.5) is 17.6 Å². The lowest BCUT2D eigenvalue weighted by atomic mass is 9.68. The van der Waals surface area contributed by atoms with Gasteiger partial charge >= 0.3 is 5.97 Å². The quantitative estimate of drug-likeness (QED) is 0.269. The molecule has 33 heavy (non-hydrogen) atoms. The fourth-order valence-electron chi connectivity index (χ4n) is 3.86. The molecule has 3 rings (SSSR count). The molecule has 0 bridgehead atoms. The van der Waals surface area contributed by atoms with E-state index in [1.54, 1.807) is 24.3 Å². The van der Waals surface area contributed by atoms with Crippen LogP contribution in [0.25, 0.3) is 11.4 Å². The number of carboxylic acids is 1. The minimum atomic E-state index is -1.95. The van der Waals surface area contributed by atoms with Crippen LogP contribution in [-0.2, 0) is 23.1 Å². The van der Waals surface area contributed by atoms with Crippen LogP contribution in [0.15, 0.2) is 55.4 Å². The molecule has 172 valence electrons. The van der Waals surface area contributed by atoms with Gasteiger partial charge in [-0.15, -0.1) is 6.58 Å². The molecule has 0 aliphatic carbocycles. The molecule has 2 aromatic carbocycles. The normalized spacial score (nSPS) is 13.1. The monoisotopic (exact) mass is 458 g/mol. The van der Waals surface area contributed by atoms with Crippen molar-refractivity contribution in [1.82, 2.24) is 9.97 Å². The number of nitrogens with zero attached hydrogens (tertiary/aromatic N) is 2. The van der Waals surface area contributed by atoms with E-state index >= 15 is 0 Å². The zero-order valence-electron chi connectivity index (χ0n) is 18.1. The van der Waals surface area contributed by atoms with Gasteiger partial charge in [0.15, 0.2) is 29.1 Å². The Hall–Kier alpha value is -3.55. The molecule has 1 aromatic heterocycles. The van der Waals surface area contributed by atoms with Crippen LogP contribution in [-0.4, -0.2) is 21.0 Å². The van der Waals surface area contributed by atoms with Crippen molar-refractivity contribution in [2.75, 3.05) is 0 Å². The lowest BCUT2D eigenvalue weighted by molar-refractivity contribution is -0.146. The van der Waals surface area contributed by atoms with Crippen LogP contribution < -0.4 is 0 Å². The Kier molecular flexibility index (Phi) is 6.95. The number of aliphatic carboxylic acids is 1. The Balaban J connectivity index is 2.15. The van der Waals surface area contributed by atoms with Crippen molar-refractivity contribution in [3.05, 3.63) is 95.3 Å². The van der Waals surface area contributed by atoms with E-state index in [4.69, 9.17) is 0 Å². The van der Waals surface area contributed by atoms with Crippen LogP contribution in [0.1, 0.15) is 30.5 Å². The highest BCUT2D eigenvalue weighted by molar-refractivity contribution is 5.82. The molecule has 0 radical (unpaired) electrons. The second-order valence-electron chi connectivity index (χ2n) is 7.98. The Morgan fingerprint density at radius 1 is 1.00 bits per heavy atom. The van der Waals surface area contributed by atoms with Gasteiger partial charge < -0.3 is 5.11 Å². The van der Waals surface area contributed by atoms with Crippen molar-refractivity contribution >= 4 is 5.97 Å². The van der Waals surface area contributed by atoms with E-state index < -0.39 is 64.5 Å². The molecule has 0 fully saturated rings. The zero-order valence-corrected chi connectivity index (χ0v) is 18.1. The number of rotatable bonds is 8. The van der Waals surface area contributed by atoms with Gasteiger partial charge in [-0.3, -0.25) is 4.79 Å². The molecule has 1 heterocycles. The molecule has 4 nitrogen and oxygen atoms in total. The lowest BCUT2D eigenvalue weighted by Gasteiger charge is -2.34. The van der Waals surface area contributed by atoms with Crippen molar-refractivity contribution < 1.29 is 27.5 Å². The maximum absolute atomic E-state index is 14.8. The van der Waals surface area contributed by atoms with E-state index in [1.165, 1.54) is 26.2 Å². The third-order valence-electron chi connectivity index (χ3n) is 5.82. The van der Waals surface area contributed by atoms with E-state index in [-0.39, 0.29) is 5.56 Å². The highest BCUT2D eigenvalue weighted by Gasteiger charge is 2.46. The summed E-state index contributed by atoms with van der Waals surface area (Å²) in [6.07, 6.45) is 2.38. The summed E-state index contributed by atoms with van der Waals surface area (Å²) in [4.78, 5) is 20.9. The number of benzene rings is 2. The number of hydrogen-bond donors (Lipinski definition) is 1. The molecule has 0 amide bonds. The molecule has 1 atom stereocenters. The van der Waals surface area contributed by atoms with Gasteiger partial charge in [-0.2, -0.15) is 0 Å². The predicted molar refractivity (Wildman–Crippen MR) is 115 cm³/mol. The largest absolute Gasteiger partial charge is 0.481 e. The summed E-state index contributed by atoms with van der Waals surface area (Å²) < 4.78 is 58.7. The second-order valence-corrected chi connectivity index (χ2v) is 7.98. The molecule has 0 aliphatic heterocycles. The maximum Gasteiger partial charge on any atom is 0.314 e. The average molecular weight is 458 g/mol. The smallest absolute Gasteiger partial charge is 0.314 e. The molecule has 0 aliphatic rings. The Morgan fingerprint density at radius 2 is 1.52 bits per heavy atom. The third kappa shape index (κ3) is 4.25. The van der Waals surface area contributed by atoms with Gasteiger partial charge in [0.05, 0.1) is 0 Å². The van der Waals surface area contributed by atoms with Crippen LogP contribution >= 0.6 is 0 Å². The summed E-state index contributed by atoms with van der Waals surface area (Å²) in [5.41, 5.74) is -2.99. The predicted octanol–water partition coefficient (Wildman–Crippen LogP) is 5.65. The van der Waals surface area contributed by atoms with E-state index in [0.717, 1.165) is 6.08 Å². The molecule has 3 aromatic rings. The van der Waals surface area contributed by atoms with Crippen LogP contribution in [0.2, 0.25) is 0 Å². The number of halogens is 4. The first-order valence-electron chi connectivity index (χ1n) is 10.2. The van der Waals surface area contributed by atoms with Gasteiger partial charge in [0.2, 0.25) is 0 Å². The van der Waals surface area contributed by atoms with Gasteiger partial charge in [0, 0.05) is 34.6 Å². The summed E-state index contributed by atoms with van der Waals surface area (Å²) >= 11 is 0. The summed E-state index contributed by atoms with van der Waals surface area (Å²) in [6.45, 7) is 6.40. The standard InChI is InChI=1S/C25H22F4N2O2/c1-4-8-17-19(26)21(28)18(22(29)20(17)27)11-25(14(2)3,24(32)33)16-12-30-23(31-13-16)15-9-6-5-7-10-15/h4-7,9-10,12-14H,1,8,11H2,2-3H3,(H,32,33). The Morgan fingerprint density at radius 3 is 1.97 bits per heavy atom. The van der Waals surface area contributed by atoms with Gasteiger partial charge in [-0.25, -0.2) is 27.5 Å². The summed E-state index contributed by atoms with van der Waals surface area (Å²) in [5.74, 6) is -8.23. The summed E-state index contributed by atoms with van der Waals surface area (Å²) in [5, 5.41) is 10.2. The summed E-state index contributed by atoms with van der Waals surface area (Å²) in [7, 11) is 0.